The van der Waals surface area contributed by atoms with Crippen LogP contribution in [0.15, 0.2) is 58.0 Å². The van der Waals surface area contributed by atoms with Crippen LogP contribution in [0, 0.1) is 6.92 Å². The Morgan fingerprint density at radius 3 is 2.48 bits per heavy atom. The molecule has 1 heterocycles. The van der Waals surface area contributed by atoms with Crippen molar-refractivity contribution in [1.82, 2.24) is 0 Å². The third kappa shape index (κ3) is 4.79. The highest BCUT2D eigenvalue weighted by Gasteiger charge is 2.19. The van der Waals surface area contributed by atoms with E-state index in [9.17, 15) is 4.79 Å². The molecule has 0 unspecified atom stereocenters. The van der Waals surface area contributed by atoms with Gasteiger partial charge in [0.05, 0.1) is 6.54 Å². The van der Waals surface area contributed by atoms with Crippen molar-refractivity contribution < 1.29 is 4.79 Å². The fourth-order valence-electron chi connectivity index (χ4n) is 3.01. The van der Waals surface area contributed by atoms with E-state index in [1.807, 2.05) is 24.3 Å². The topological polar surface area (TPSA) is 32.7 Å². The number of amidine groups is 1. The van der Waals surface area contributed by atoms with Crippen molar-refractivity contribution in [3.8, 4) is 0 Å². The molecule has 0 bridgehead atoms. The Labute approximate surface area is 157 Å². The lowest BCUT2D eigenvalue weighted by molar-refractivity contribution is 0.100. The Bertz CT molecular complexity index is 750. The van der Waals surface area contributed by atoms with Crippen LogP contribution in [0.1, 0.15) is 41.6 Å². The van der Waals surface area contributed by atoms with E-state index < -0.39 is 0 Å². The van der Waals surface area contributed by atoms with E-state index in [1.165, 1.54) is 12.0 Å². The lowest BCUT2D eigenvalue weighted by atomic mass is 10.1. The van der Waals surface area contributed by atoms with Gasteiger partial charge in [-0.15, -0.1) is 0 Å². The number of carbonyl (C=O) groups excluding carboxylic acids is 1. The van der Waals surface area contributed by atoms with Crippen LogP contribution in [0.25, 0.3) is 0 Å². The van der Waals surface area contributed by atoms with E-state index in [2.05, 4.69) is 52.0 Å². The number of aryl methyl sites for hydroxylation is 1. The van der Waals surface area contributed by atoms with Crippen LogP contribution in [0.2, 0.25) is 0 Å². The number of rotatable bonds is 4. The molecule has 0 spiro atoms. The summed E-state index contributed by atoms with van der Waals surface area (Å²) in [6, 6.07) is 15.9. The molecule has 0 saturated carbocycles. The Hall–Kier alpha value is -1.94. The van der Waals surface area contributed by atoms with Crippen molar-refractivity contribution >= 4 is 33.2 Å². The Morgan fingerprint density at radius 1 is 1.04 bits per heavy atom. The van der Waals surface area contributed by atoms with Crippen molar-refractivity contribution in [2.24, 2.45) is 4.99 Å². The molecule has 25 heavy (non-hydrogen) atoms. The summed E-state index contributed by atoms with van der Waals surface area (Å²) in [5.41, 5.74) is 2.98. The number of halogens is 1. The fourth-order valence-corrected chi connectivity index (χ4v) is 3.27. The van der Waals surface area contributed by atoms with Gasteiger partial charge in [0.15, 0.2) is 5.78 Å². The molecule has 0 radical (unpaired) electrons. The average Bonchev–Trinajstić information content (AvgIpc) is 2.90. The van der Waals surface area contributed by atoms with Gasteiger partial charge in [0, 0.05) is 28.7 Å². The minimum absolute atomic E-state index is 0.111. The Morgan fingerprint density at radius 2 is 1.76 bits per heavy atom. The highest BCUT2D eigenvalue weighted by Crippen LogP contribution is 2.21. The normalized spacial score (nSPS) is 14.6. The smallest absolute Gasteiger partial charge is 0.182 e. The van der Waals surface area contributed by atoms with Gasteiger partial charge < -0.3 is 4.90 Å². The van der Waals surface area contributed by atoms with Crippen molar-refractivity contribution in [1.29, 1.82) is 0 Å². The minimum Gasteiger partial charge on any atom is -0.322 e. The number of aliphatic imine (C=N–C) groups is 1. The standard InChI is InChI=1S/C21H23BrN2O/c1-16-6-12-19(13-7-16)24(21-5-3-2-4-14-23-21)15-20(25)17-8-10-18(22)11-9-17/h6-13H,2-5,14-15H2,1H3. The third-order valence-electron chi connectivity index (χ3n) is 4.48. The molecule has 0 N–H and O–H groups in total. The average molecular weight is 399 g/mol. The number of hydrogen-bond acceptors (Lipinski definition) is 3. The molecule has 2 aromatic rings. The van der Waals surface area contributed by atoms with Gasteiger partial charge in [0.2, 0.25) is 0 Å². The Balaban J connectivity index is 1.87. The largest absolute Gasteiger partial charge is 0.322 e. The number of nitrogens with zero attached hydrogens (tertiary/aromatic N) is 2. The van der Waals surface area contributed by atoms with Gasteiger partial charge in [0.1, 0.15) is 5.84 Å². The van der Waals surface area contributed by atoms with Crippen molar-refractivity contribution in [2.45, 2.75) is 32.6 Å². The summed E-state index contributed by atoms with van der Waals surface area (Å²) in [5, 5.41) is 0. The van der Waals surface area contributed by atoms with Gasteiger partial charge >= 0.3 is 0 Å². The zero-order chi connectivity index (χ0) is 17.6. The van der Waals surface area contributed by atoms with Crippen LogP contribution in [-0.4, -0.2) is 24.7 Å². The van der Waals surface area contributed by atoms with E-state index in [0.717, 1.165) is 47.4 Å². The van der Waals surface area contributed by atoms with Gasteiger partial charge in [-0.05, 0) is 44.0 Å². The monoisotopic (exact) mass is 398 g/mol. The predicted octanol–water partition coefficient (Wildman–Crippen LogP) is 5.42. The van der Waals surface area contributed by atoms with Crippen molar-refractivity contribution in [3.05, 3.63) is 64.1 Å². The van der Waals surface area contributed by atoms with Crippen LogP contribution in [0.4, 0.5) is 5.69 Å². The first-order chi connectivity index (χ1) is 12.1. The molecular formula is C21H23BrN2O. The van der Waals surface area contributed by atoms with Crippen LogP contribution in [0.3, 0.4) is 0 Å². The van der Waals surface area contributed by atoms with Crippen LogP contribution in [-0.2, 0) is 0 Å². The summed E-state index contributed by atoms with van der Waals surface area (Å²) in [4.78, 5) is 19.7. The number of Topliss-reactive ketones (excluding diaryl/α,β-unsaturated/α-hetero) is 1. The second-order valence-corrected chi connectivity index (χ2v) is 7.38. The maximum Gasteiger partial charge on any atom is 0.182 e. The van der Waals surface area contributed by atoms with Crippen molar-refractivity contribution in [2.75, 3.05) is 18.0 Å². The zero-order valence-electron chi connectivity index (χ0n) is 14.5. The van der Waals surface area contributed by atoms with E-state index in [4.69, 9.17) is 4.99 Å². The summed E-state index contributed by atoms with van der Waals surface area (Å²) >= 11 is 3.42. The quantitative estimate of drug-likeness (QED) is 0.644. The second kappa shape index (κ2) is 8.43. The van der Waals surface area contributed by atoms with Gasteiger partial charge in [0.25, 0.3) is 0 Å². The predicted molar refractivity (Wildman–Crippen MR) is 108 cm³/mol. The maximum absolute atomic E-state index is 12.8. The lowest BCUT2D eigenvalue weighted by Gasteiger charge is -2.26. The molecule has 2 aromatic carbocycles. The maximum atomic E-state index is 12.8. The number of anilines is 1. The molecule has 0 fully saturated rings. The minimum atomic E-state index is 0.111. The highest BCUT2D eigenvalue weighted by atomic mass is 79.9. The summed E-state index contributed by atoms with van der Waals surface area (Å²) in [7, 11) is 0. The molecule has 130 valence electrons. The Kier molecular flexibility index (Phi) is 6.03. The SMILES string of the molecule is Cc1ccc(N(CC(=O)c2ccc(Br)cc2)C2=NCCCCC2)cc1. The van der Waals surface area contributed by atoms with Gasteiger partial charge in [-0.1, -0.05) is 52.2 Å². The van der Waals surface area contributed by atoms with E-state index in [1.54, 1.807) is 0 Å². The second-order valence-electron chi connectivity index (χ2n) is 6.46. The molecule has 0 atom stereocenters. The van der Waals surface area contributed by atoms with E-state index in [0.29, 0.717) is 6.54 Å². The molecule has 0 aromatic heterocycles. The molecule has 0 saturated heterocycles. The fraction of sp³-hybridized carbons (Fsp3) is 0.333. The molecule has 3 nitrogen and oxygen atoms in total. The molecule has 3 rings (SSSR count). The van der Waals surface area contributed by atoms with E-state index in [-0.39, 0.29) is 5.78 Å². The van der Waals surface area contributed by atoms with Crippen molar-refractivity contribution in [3.63, 3.8) is 0 Å². The molecule has 0 amide bonds. The summed E-state index contributed by atoms with van der Waals surface area (Å²) < 4.78 is 0.979. The number of ketones is 1. The molecule has 1 aliphatic rings. The molecule has 1 aliphatic heterocycles. The van der Waals surface area contributed by atoms with Crippen LogP contribution in [0.5, 0.6) is 0 Å². The van der Waals surface area contributed by atoms with Crippen LogP contribution >= 0.6 is 15.9 Å². The number of carbonyl (C=O) groups is 1. The molecule has 4 heteroatoms. The van der Waals surface area contributed by atoms with Crippen LogP contribution < -0.4 is 4.90 Å². The first-order valence-corrected chi connectivity index (χ1v) is 9.59. The van der Waals surface area contributed by atoms with Gasteiger partial charge in [-0.3, -0.25) is 9.79 Å². The summed E-state index contributed by atoms with van der Waals surface area (Å²) in [5.74, 6) is 1.15. The first kappa shape index (κ1) is 17.9. The molecular weight excluding hydrogens is 376 g/mol. The summed E-state index contributed by atoms with van der Waals surface area (Å²) in [6.45, 7) is 3.25. The van der Waals surface area contributed by atoms with E-state index >= 15 is 0 Å². The highest BCUT2D eigenvalue weighted by molar-refractivity contribution is 9.10. The number of benzene rings is 2. The molecule has 0 aliphatic carbocycles. The zero-order valence-corrected chi connectivity index (χ0v) is 16.1. The van der Waals surface area contributed by atoms with Gasteiger partial charge in [-0.25, -0.2) is 0 Å². The van der Waals surface area contributed by atoms with Gasteiger partial charge in [-0.2, -0.15) is 0 Å². The third-order valence-corrected chi connectivity index (χ3v) is 5.01. The summed E-state index contributed by atoms with van der Waals surface area (Å²) in [6.07, 6.45) is 4.40. The lowest BCUT2D eigenvalue weighted by Crippen LogP contribution is -2.36. The first-order valence-electron chi connectivity index (χ1n) is 8.80. The number of hydrogen-bond donors (Lipinski definition) is 0.